The fourth-order valence-corrected chi connectivity index (χ4v) is 3.21. The molecule has 1 heteroatoms. The standard InChI is InChI=1S/C17H27N/c1-12-9-10-16(11-14(12)3)18-15(4)17-8-6-5-7-13(17)2/h5-8,12,14-16,18H,9-11H2,1-4H3/t12?,14?,15-,16?/m1/s1. The maximum absolute atomic E-state index is 3.83. The van der Waals surface area contributed by atoms with Crippen molar-refractivity contribution in [3.8, 4) is 0 Å². The van der Waals surface area contributed by atoms with Gasteiger partial charge in [0.25, 0.3) is 0 Å². The average molecular weight is 245 g/mol. The topological polar surface area (TPSA) is 12.0 Å². The molecule has 2 rings (SSSR count). The van der Waals surface area contributed by atoms with Gasteiger partial charge in [0.15, 0.2) is 0 Å². The van der Waals surface area contributed by atoms with Crippen molar-refractivity contribution in [2.45, 2.75) is 59.0 Å². The summed E-state index contributed by atoms with van der Waals surface area (Å²) in [5, 5.41) is 3.83. The molecule has 1 nitrogen and oxygen atoms in total. The van der Waals surface area contributed by atoms with Crippen LogP contribution in [0.25, 0.3) is 0 Å². The fraction of sp³-hybridized carbons (Fsp3) is 0.647. The summed E-state index contributed by atoms with van der Waals surface area (Å²) < 4.78 is 0. The molecule has 1 aromatic carbocycles. The second-order valence-corrected chi connectivity index (χ2v) is 6.21. The lowest BCUT2D eigenvalue weighted by Crippen LogP contribution is -2.37. The van der Waals surface area contributed by atoms with E-state index in [0.29, 0.717) is 12.1 Å². The molecule has 1 aromatic rings. The first-order chi connectivity index (χ1) is 8.58. The Morgan fingerprint density at radius 2 is 1.83 bits per heavy atom. The third-order valence-corrected chi connectivity index (χ3v) is 4.74. The van der Waals surface area contributed by atoms with Crippen LogP contribution in [0.1, 0.15) is 57.2 Å². The Hall–Kier alpha value is -0.820. The lowest BCUT2D eigenvalue weighted by Gasteiger charge is -2.34. The van der Waals surface area contributed by atoms with Crippen LogP contribution < -0.4 is 5.32 Å². The molecule has 0 heterocycles. The molecule has 18 heavy (non-hydrogen) atoms. The van der Waals surface area contributed by atoms with Crippen molar-refractivity contribution in [2.75, 3.05) is 0 Å². The highest BCUT2D eigenvalue weighted by Crippen LogP contribution is 2.30. The fourth-order valence-electron chi connectivity index (χ4n) is 3.21. The van der Waals surface area contributed by atoms with E-state index in [2.05, 4.69) is 57.3 Å². The third kappa shape index (κ3) is 3.14. The van der Waals surface area contributed by atoms with E-state index in [0.717, 1.165) is 11.8 Å². The average Bonchev–Trinajstić information content (AvgIpc) is 2.34. The van der Waals surface area contributed by atoms with Crippen molar-refractivity contribution in [1.82, 2.24) is 5.32 Å². The zero-order valence-electron chi connectivity index (χ0n) is 12.2. The van der Waals surface area contributed by atoms with Crippen LogP contribution in [0.2, 0.25) is 0 Å². The van der Waals surface area contributed by atoms with Crippen molar-refractivity contribution >= 4 is 0 Å². The van der Waals surface area contributed by atoms with Gasteiger partial charge in [0.2, 0.25) is 0 Å². The Bertz CT molecular complexity index is 385. The molecule has 0 radical (unpaired) electrons. The van der Waals surface area contributed by atoms with Gasteiger partial charge in [0.05, 0.1) is 0 Å². The summed E-state index contributed by atoms with van der Waals surface area (Å²) in [6, 6.07) is 9.89. The number of benzene rings is 1. The van der Waals surface area contributed by atoms with Crippen molar-refractivity contribution < 1.29 is 0 Å². The minimum Gasteiger partial charge on any atom is -0.307 e. The molecule has 3 unspecified atom stereocenters. The van der Waals surface area contributed by atoms with Gasteiger partial charge < -0.3 is 5.32 Å². The van der Waals surface area contributed by atoms with E-state index in [-0.39, 0.29) is 0 Å². The minimum absolute atomic E-state index is 0.469. The zero-order valence-corrected chi connectivity index (χ0v) is 12.2. The quantitative estimate of drug-likeness (QED) is 0.828. The maximum atomic E-state index is 3.83. The van der Waals surface area contributed by atoms with E-state index in [1.165, 1.54) is 30.4 Å². The molecular formula is C17H27N. The van der Waals surface area contributed by atoms with E-state index >= 15 is 0 Å². The summed E-state index contributed by atoms with van der Waals surface area (Å²) in [7, 11) is 0. The highest BCUT2D eigenvalue weighted by molar-refractivity contribution is 5.28. The zero-order chi connectivity index (χ0) is 13.1. The van der Waals surface area contributed by atoms with Crippen molar-refractivity contribution in [3.63, 3.8) is 0 Å². The molecule has 1 N–H and O–H groups in total. The monoisotopic (exact) mass is 245 g/mol. The highest BCUT2D eigenvalue weighted by atomic mass is 14.9. The van der Waals surface area contributed by atoms with Gasteiger partial charge >= 0.3 is 0 Å². The summed E-state index contributed by atoms with van der Waals surface area (Å²) in [4.78, 5) is 0. The number of hydrogen-bond donors (Lipinski definition) is 1. The van der Waals surface area contributed by atoms with E-state index < -0.39 is 0 Å². The van der Waals surface area contributed by atoms with Crippen LogP contribution in [-0.2, 0) is 0 Å². The minimum atomic E-state index is 0.469. The van der Waals surface area contributed by atoms with E-state index in [4.69, 9.17) is 0 Å². The van der Waals surface area contributed by atoms with Gasteiger partial charge in [-0.15, -0.1) is 0 Å². The molecule has 0 saturated heterocycles. The van der Waals surface area contributed by atoms with Crippen LogP contribution in [0.3, 0.4) is 0 Å². The summed E-state index contributed by atoms with van der Waals surface area (Å²) in [5.41, 5.74) is 2.85. The molecule has 1 fully saturated rings. The molecule has 0 spiro atoms. The summed E-state index contributed by atoms with van der Waals surface area (Å²) in [5.74, 6) is 1.76. The molecule has 0 amide bonds. The van der Waals surface area contributed by atoms with Gasteiger partial charge in [-0.1, -0.05) is 38.1 Å². The first-order valence-corrected chi connectivity index (χ1v) is 7.39. The Labute approximate surface area is 112 Å². The van der Waals surface area contributed by atoms with Gasteiger partial charge in [-0.3, -0.25) is 0 Å². The summed E-state index contributed by atoms with van der Waals surface area (Å²) in [6.45, 7) is 9.30. The smallest absolute Gasteiger partial charge is 0.0296 e. The first-order valence-electron chi connectivity index (χ1n) is 7.39. The second-order valence-electron chi connectivity index (χ2n) is 6.21. The largest absolute Gasteiger partial charge is 0.307 e. The molecule has 0 aliphatic heterocycles. The lowest BCUT2D eigenvalue weighted by molar-refractivity contribution is 0.217. The van der Waals surface area contributed by atoms with Crippen LogP contribution in [0.15, 0.2) is 24.3 Å². The van der Waals surface area contributed by atoms with Gasteiger partial charge in [-0.05, 0) is 56.1 Å². The summed E-state index contributed by atoms with van der Waals surface area (Å²) in [6.07, 6.45) is 4.04. The van der Waals surface area contributed by atoms with Crippen LogP contribution in [-0.4, -0.2) is 6.04 Å². The molecular weight excluding hydrogens is 218 g/mol. The van der Waals surface area contributed by atoms with Crippen LogP contribution in [0.5, 0.6) is 0 Å². The van der Waals surface area contributed by atoms with E-state index in [1.807, 2.05) is 0 Å². The van der Waals surface area contributed by atoms with Gasteiger partial charge in [0.1, 0.15) is 0 Å². The van der Waals surface area contributed by atoms with Gasteiger partial charge in [-0.2, -0.15) is 0 Å². The molecule has 4 atom stereocenters. The van der Waals surface area contributed by atoms with Crippen LogP contribution >= 0.6 is 0 Å². The number of aryl methyl sites for hydroxylation is 1. The van der Waals surface area contributed by atoms with Crippen LogP contribution in [0, 0.1) is 18.8 Å². The number of nitrogens with one attached hydrogen (secondary N) is 1. The second kappa shape index (κ2) is 5.88. The summed E-state index contributed by atoms with van der Waals surface area (Å²) >= 11 is 0. The predicted octanol–water partition coefficient (Wildman–Crippen LogP) is 4.47. The highest BCUT2D eigenvalue weighted by Gasteiger charge is 2.25. The van der Waals surface area contributed by atoms with Crippen molar-refractivity contribution in [2.24, 2.45) is 11.8 Å². The van der Waals surface area contributed by atoms with Crippen molar-refractivity contribution in [3.05, 3.63) is 35.4 Å². The van der Waals surface area contributed by atoms with Crippen molar-refractivity contribution in [1.29, 1.82) is 0 Å². The van der Waals surface area contributed by atoms with Gasteiger partial charge in [-0.25, -0.2) is 0 Å². The van der Waals surface area contributed by atoms with Crippen LogP contribution in [0.4, 0.5) is 0 Å². The van der Waals surface area contributed by atoms with E-state index in [9.17, 15) is 0 Å². The molecule has 0 bridgehead atoms. The molecule has 100 valence electrons. The van der Waals surface area contributed by atoms with E-state index in [1.54, 1.807) is 0 Å². The third-order valence-electron chi connectivity index (χ3n) is 4.74. The number of hydrogen-bond acceptors (Lipinski definition) is 1. The Balaban J connectivity index is 1.96. The molecule has 1 saturated carbocycles. The molecule has 0 aromatic heterocycles. The Morgan fingerprint density at radius 1 is 1.11 bits per heavy atom. The maximum Gasteiger partial charge on any atom is 0.0296 e. The van der Waals surface area contributed by atoms with Gasteiger partial charge in [0, 0.05) is 12.1 Å². The predicted molar refractivity (Wildman–Crippen MR) is 78.7 cm³/mol. The number of rotatable bonds is 3. The SMILES string of the molecule is Cc1ccccc1[C@@H](C)NC1CCC(C)C(C)C1. The molecule has 1 aliphatic carbocycles. The lowest BCUT2D eigenvalue weighted by atomic mass is 9.79. The Kier molecular flexibility index (Phi) is 4.45. The normalized spacial score (nSPS) is 30.1. The first kappa shape index (κ1) is 13.6. The molecule has 1 aliphatic rings. The Morgan fingerprint density at radius 3 is 2.50 bits per heavy atom.